The maximum atomic E-state index is 11.9. The number of nitrogens with one attached hydrogen (secondary N) is 1. The number of ether oxygens (including phenoxy) is 2. The molecule has 2 rings (SSSR count). The first-order valence-electron chi connectivity index (χ1n) is 5.06. The fourth-order valence-corrected chi connectivity index (χ4v) is 1.49. The zero-order chi connectivity index (χ0) is 11.4. The zero-order valence-corrected chi connectivity index (χ0v) is 9.05. The Labute approximate surface area is 92.7 Å². The van der Waals surface area contributed by atoms with Crippen molar-refractivity contribution in [2.75, 3.05) is 26.9 Å². The van der Waals surface area contributed by atoms with Gasteiger partial charge in [0.25, 0.3) is 5.91 Å². The van der Waals surface area contributed by atoms with E-state index >= 15 is 0 Å². The van der Waals surface area contributed by atoms with Crippen LogP contribution in [0.4, 0.5) is 0 Å². The smallest absolute Gasteiger partial charge is 0.254 e. The number of nitrogens with zero attached hydrogens (tertiary/aromatic N) is 3. The van der Waals surface area contributed by atoms with E-state index < -0.39 is 6.10 Å². The van der Waals surface area contributed by atoms with Gasteiger partial charge in [-0.05, 0) is 0 Å². The Balaban J connectivity index is 1.88. The van der Waals surface area contributed by atoms with Crippen LogP contribution < -0.4 is 0 Å². The molecule has 0 radical (unpaired) electrons. The topological polar surface area (TPSA) is 80.3 Å². The van der Waals surface area contributed by atoms with Gasteiger partial charge in [-0.25, -0.2) is 4.98 Å². The standard InChI is InChI=1S/C9H14N4O3/c1-13(4-8-10-6-11-12-8)9(14)7-5-15-2-3-16-7/h6-7H,2-5H2,1H3,(H,10,11,12). The molecule has 16 heavy (non-hydrogen) atoms. The van der Waals surface area contributed by atoms with E-state index in [2.05, 4.69) is 15.2 Å². The molecule has 0 aromatic carbocycles. The van der Waals surface area contributed by atoms with Crippen molar-refractivity contribution in [3.05, 3.63) is 12.2 Å². The molecule has 0 saturated carbocycles. The van der Waals surface area contributed by atoms with Crippen LogP contribution >= 0.6 is 0 Å². The Morgan fingerprint density at radius 1 is 1.69 bits per heavy atom. The number of aromatic nitrogens is 3. The Morgan fingerprint density at radius 2 is 2.56 bits per heavy atom. The SMILES string of the molecule is CN(Cc1ncn[nH]1)C(=O)C1COCCO1. The maximum Gasteiger partial charge on any atom is 0.254 e. The third kappa shape index (κ3) is 2.56. The van der Waals surface area contributed by atoms with E-state index in [-0.39, 0.29) is 5.91 Å². The van der Waals surface area contributed by atoms with E-state index in [0.29, 0.717) is 32.2 Å². The molecule has 7 heteroatoms. The molecule has 1 aromatic rings. The fraction of sp³-hybridized carbons (Fsp3) is 0.667. The summed E-state index contributed by atoms with van der Waals surface area (Å²) in [5.41, 5.74) is 0. The molecule has 1 amide bonds. The van der Waals surface area contributed by atoms with Crippen molar-refractivity contribution in [3.63, 3.8) is 0 Å². The average molecular weight is 226 g/mol. The molecule has 88 valence electrons. The Hall–Kier alpha value is -1.47. The van der Waals surface area contributed by atoms with E-state index in [9.17, 15) is 4.79 Å². The van der Waals surface area contributed by atoms with E-state index in [1.807, 2.05) is 0 Å². The minimum absolute atomic E-state index is 0.101. The quantitative estimate of drug-likeness (QED) is 0.728. The molecular weight excluding hydrogens is 212 g/mol. The molecule has 1 fully saturated rings. The molecule has 1 aromatic heterocycles. The number of rotatable bonds is 3. The lowest BCUT2D eigenvalue weighted by molar-refractivity contribution is -0.157. The van der Waals surface area contributed by atoms with E-state index in [0.717, 1.165) is 0 Å². The van der Waals surface area contributed by atoms with Gasteiger partial charge in [-0.15, -0.1) is 0 Å². The molecule has 2 heterocycles. The van der Waals surface area contributed by atoms with E-state index in [1.54, 1.807) is 11.9 Å². The lowest BCUT2D eigenvalue weighted by Crippen LogP contribution is -2.43. The molecule has 0 aliphatic carbocycles. The predicted octanol–water partition coefficient (Wildman–Crippen LogP) is -0.821. The maximum absolute atomic E-state index is 11.9. The van der Waals surface area contributed by atoms with Crippen LogP contribution in [0.25, 0.3) is 0 Å². The summed E-state index contributed by atoms with van der Waals surface area (Å²) in [4.78, 5) is 17.4. The van der Waals surface area contributed by atoms with Crippen molar-refractivity contribution in [2.24, 2.45) is 0 Å². The molecule has 1 unspecified atom stereocenters. The molecule has 1 saturated heterocycles. The fourth-order valence-electron chi connectivity index (χ4n) is 1.49. The van der Waals surface area contributed by atoms with E-state index in [1.165, 1.54) is 6.33 Å². The van der Waals surface area contributed by atoms with Crippen molar-refractivity contribution in [2.45, 2.75) is 12.6 Å². The molecule has 7 nitrogen and oxygen atoms in total. The monoisotopic (exact) mass is 226 g/mol. The summed E-state index contributed by atoms with van der Waals surface area (Å²) < 4.78 is 10.5. The summed E-state index contributed by atoms with van der Waals surface area (Å²) in [6, 6.07) is 0. The molecular formula is C9H14N4O3. The Kier molecular flexibility index (Phi) is 3.47. The highest BCUT2D eigenvalue weighted by molar-refractivity contribution is 5.80. The first-order chi connectivity index (χ1) is 7.77. The van der Waals surface area contributed by atoms with Crippen LogP contribution in [-0.4, -0.2) is 59.0 Å². The molecule has 0 bridgehead atoms. The van der Waals surface area contributed by atoms with Crippen LogP contribution in [0.5, 0.6) is 0 Å². The van der Waals surface area contributed by atoms with Crippen LogP contribution in [0.3, 0.4) is 0 Å². The second-order valence-electron chi connectivity index (χ2n) is 3.56. The van der Waals surface area contributed by atoms with Gasteiger partial charge in [-0.2, -0.15) is 5.10 Å². The van der Waals surface area contributed by atoms with Gasteiger partial charge in [-0.1, -0.05) is 0 Å². The van der Waals surface area contributed by atoms with Gasteiger partial charge >= 0.3 is 0 Å². The largest absolute Gasteiger partial charge is 0.376 e. The highest BCUT2D eigenvalue weighted by Gasteiger charge is 2.25. The normalized spacial score (nSPS) is 20.7. The third-order valence-electron chi connectivity index (χ3n) is 2.32. The molecule has 0 spiro atoms. The summed E-state index contributed by atoms with van der Waals surface area (Å²) >= 11 is 0. The highest BCUT2D eigenvalue weighted by atomic mass is 16.6. The second kappa shape index (κ2) is 5.04. The number of hydrogen-bond donors (Lipinski definition) is 1. The Bertz CT molecular complexity index is 335. The summed E-state index contributed by atoms with van der Waals surface area (Å²) in [7, 11) is 1.70. The minimum atomic E-state index is -0.498. The van der Waals surface area contributed by atoms with E-state index in [4.69, 9.17) is 9.47 Å². The van der Waals surface area contributed by atoms with Crippen molar-refractivity contribution in [1.82, 2.24) is 20.1 Å². The third-order valence-corrected chi connectivity index (χ3v) is 2.32. The van der Waals surface area contributed by atoms with Crippen molar-refractivity contribution in [1.29, 1.82) is 0 Å². The number of carbonyl (C=O) groups excluding carboxylic acids is 1. The second-order valence-corrected chi connectivity index (χ2v) is 3.56. The molecule has 1 aliphatic rings. The van der Waals surface area contributed by atoms with Crippen LogP contribution in [0.2, 0.25) is 0 Å². The number of amides is 1. The highest BCUT2D eigenvalue weighted by Crippen LogP contribution is 2.06. The average Bonchev–Trinajstić information content (AvgIpc) is 2.82. The molecule has 1 atom stereocenters. The van der Waals surface area contributed by atoms with Crippen LogP contribution in [-0.2, 0) is 20.8 Å². The number of carbonyl (C=O) groups is 1. The first-order valence-corrected chi connectivity index (χ1v) is 5.06. The summed E-state index contributed by atoms with van der Waals surface area (Å²) in [5, 5.41) is 6.42. The predicted molar refractivity (Wildman–Crippen MR) is 53.4 cm³/mol. The Morgan fingerprint density at radius 3 is 3.19 bits per heavy atom. The minimum Gasteiger partial charge on any atom is -0.376 e. The van der Waals surface area contributed by atoms with Crippen LogP contribution in [0.15, 0.2) is 6.33 Å². The van der Waals surface area contributed by atoms with Gasteiger partial charge in [0, 0.05) is 7.05 Å². The van der Waals surface area contributed by atoms with Crippen molar-refractivity contribution in [3.8, 4) is 0 Å². The number of aromatic amines is 1. The van der Waals surface area contributed by atoms with Crippen LogP contribution in [0, 0.1) is 0 Å². The van der Waals surface area contributed by atoms with Crippen LogP contribution in [0.1, 0.15) is 5.82 Å². The van der Waals surface area contributed by atoms with Gasteiger partial charge in [0.05, 0.1) is 26.4 Å². The summed E-state index contributed by atoms with van der Waals surface area (Å²) in [5.74, 6) is 0.545. The molecule has 1 aliphatic heterocycles. The number of likely N-dealkylation sites (N-methyl/N-ethyl adjacent to an activating group) is 1. The summed E-state index contributed by atoms with van der Waals surface area (Å²) in [6.45, 7) is 1.72. The number of H-pyrrole nitrogens is 1. The number of hydrogen-bond acceptors (Lipinski definition) is 5. The van der Waals surface area contributed by atoms with Gasteiger partial charge in [-0.3, -0.25) is 9.89 Å². The van der Waals surface area contributed by atoms with Gasteiger partial charge in [0.1, 0.15) is 12.2 Å². The zero-order valence-electron chi connectivity index (χ0n) is 9.05. The van der Waals surface area contributed by atoms with Crippen molar-refractivity contribution < 1.29 is 14.3 Å². The molecule has 1 N–H and O–H groups in total. The lowest BCUT2D eigenvalue weighted by atomic mass is 10.3. The summed E-state index contributed by atoms with van der Waals surface area (Å²) in [6.07, 6.45) is 0.912. The lowest BCUT2D eigenvalue weighted by Gasteiger charge is -2.26. The van der Waals surface area contributed by atoms with Gasteiger partial charge in [0.2, 0.25) is 0 Å². The van der Waals surface area contributed by atoms with Crippen molar-refractivity contribution >= 4 is 5.91 Å². The van der Waals surface area contributed by atoms with Gasteiger partial charge in [0.15, 0.2) is 6.10 Å². The first kappa shape index (κ1) is 11.0. The van der Waals surface area contributed by atoms with Gasteiger partial charge < -0.3 is 14.4 Å².